The van der Waals surface area contributed by atoms with Gasteiger partial charge in [0.1, 0.15) is 17.6 Å². The molecule has 1 unspecified atom stereocenters. The molecule has 0 spiro atoms. The highest BCUT2D eigenvalue weighted by Gasteiger charge is 2.28. The van der Waals surface area contributed by atoms with Gasteiger partial charge in [0.2, 0.25) is 5.88 Å². The number of thiazole rings is 1. The molecule has 1 amide bonds. The van der Waals surface area contributed by atoms with Gasteiger partial charge in [-0.1, -0.05) is 11.8 Å². The van der Waals surface area contributed by atoms with Crippen molar-refractivity contribution in [3.8, 4) is 5.88 Å². The maximum atomic E-state index is 12.8. The quantitative estimate of drug-likeness (QED) is 0.494. The number of aryl methyl sites for hydroxylation is 2. The first-order valence-electron chi connectivity index (χ1n) is 8.88. The number of morpholine rings is 1. The van der Waals surface area contributed by atoms with Crippen LogP contribution in [0.4, 0.5) is 0 Å². The summed E-state index contributed by atoms with van der Waals surface area (Å²) < 4.78 is 16.8. The molecule has 0 N–H and O–H groups in total. The lowest BCUT2D eigenvalue weighted by molar-refractivity contribution is -0.0407. The van der Waals surface area contributed by atoms with Crippen LogP contribution in [0.25, 0.3) is 0 Å². The van der Waals surface area contributed by atoms with Gasteiger partial charge in [-0.2, -0.15) is 4.98 Å². The van der Waals surface area contributed by atoms with Crippen LogP contribution in [-0.4, -0.2) is 71.5 Å². The Kier molecular flexibility index (Phi) is 7.22. The number of hydrogen-bond donors (Lipinski definition) is 0. The standard InChI is InChI=1S/C18H24N4O4S2/c1-11-16(28-12(2)19-11)17(23)22-5-6-25-14(8-22)10-26-15-7-13(9-24-3)20-18(21-15)27-4/h7,14H,5-6,8-10H2,1-4H3. The predicted octanol–water partition coefficient (Wildman–Crippen LogP) is 2.34. The van der Waals surface area contributed by atoms with E-state index in [0.717, 1.165) is 16.4 Å². The average molecular weight is 425 g/mol. The van der Waals surface area contributed by atoms with E-state index in [1.54, 1.807) is 18.1 Å². The Hall–Kier alpha value is -1.75. The zero-order valence-electron chi connectivity index (χ0n) is 16.4. The van der Waals surface area contributed by atoms with Crippen LogP contribution in [0.1, 0.15) is 26.1 Å². The molecule has 0 aliphatic carbocycles. The lowest BCUT2D eigenvalue weighted by Crippen LogP contribution is -2.47. The van der Waals surface area contributed by atoms with Crippen LogP contribution >= 0.6 is 23.1 Å². The molecule has 10 heteroatoms. The summed E-state index contributed by atoms with van der Waals surface area (Å²) in [5, 5.41) is 1.52. The van der Waals surface area contributed by atoms with Gasteiger partial charge in [-0.05, 0) is 20.1 Å². The minimum absolute atomic E-state index is 0.00508. The fraction of sp³-hybridized carbons (Fsp3) is 0.556. The molecule has 28 heavy (non-hydrogen) atoms. The second kappa shape index (κ2) is 9.64. The van der Waals surface area contributed by atoms with Crippen molar-refractivity contribution in [2.75, 3.05) is 39.7 Å². The zero-order chi connectivity index (χ0) is 20.1. The van der Waals surface area contributed by atoms with Crippen molar-refractivity contribution in [1.82, 2.24) is 19.9 Å². The highest BCUT2D eigenvalue weighted by molar-refractivity contribution is 7.98. The number of hydrogen-bond acceptors (Lipinski definition) is 9. The maximum Gasteiger partial charge on any atom is 0.266 e. The second-order valence-corrected chi connectivity index (χ2v) is 8.30. The number of aromatic nitrogens is 3. The summed E-state index contributed by atoms with van der Waals surface area (Å²) in [6.45, 7) is 5.99. The van der Waals surface area contributed by atoms with Gasteiger partial charge < -0.3 is 19.1 Å². The van der Waals surface area contributed by atoms with E-state index in [9.17, 15) is 4.79 Å². The van der Waals surface area contributed by atoms with E-state index in [-0.39, 0.29) is 12.0 Å². The Labute approximate surface area is 172 Å². The number of nitrogens with zero attached hydrogens (tertiary/aromatic N) is 4. The lowest BCUT2D eigenvalue weighted by Gasteiger charge is -2.32. The number of ether oxygens (including phenoxy) is 3. The second-order valence-electron chi connectivity index (χ2n) is 6.32. The highest BCUT2D eigenvalue weighted by atomic mass is 32.2. The zero-order valence-corrected chi connectivity index (χ0v) is 18.1. The van der Waals surface area contributed by atoms with Crippen molar-refractivity contribution in [2.24, 2.45) is 0 Å². The molecule has 3 heterocycles. The van der Waals surface area contributed by atoms with Crippen molar-refractivity contribution in [3.63, 3.8) is 0 Å². The van der Waals surface area contributed by atoms with Gasteiger partial charge in [0.05, 0.1) is 36.2 Å². The van der Waals surface area contributed by atoms with Gasteiger partial charge in [0.15, 0.2) is 5.16 Å². The lowest BCUT2D eigenvalue weighted by atomic mass is 10.2. The average Bonchev–Trinajstić information content (AvgIpc) is 3.04. The van der Waals surface area contributed by atoms with Gasteiger partial charge in [-0.3, -0.25) is 4.79 Å². The van der Waals surface area contributed by atoms with Crippen molar-refractivity contribution in [2.45, 2.75) is 31.7 Å². The molecule has 1 fully saturated rings. The Morgan fingerprint density at radius 3 is 2.89 bits per heavy atom. The monoisotopic (exact) mass is 424 g/mol. The van der Waals surface area contributed by atoms with Crippen molar-refractivity contribution in [3.05, 3.63) is 27.3 Å². The first-order valence-corrected chi connectivity index (χ1v) is 10.9. The van der Waals surface area contributed by atoms with Gasteiger partial charge in [-0.25, -0.2) is 9.97 Å². The van der Waals surface area contributed by atoms with E-state index in [1.165, 1.54) is 23.1 Å². The number of rotatable bonds is 7. The largest absolute Gasteiger partial charge is 0.475 e. The molecule has 2 aromatic rings. The predicted molar refractivity (Wildman–Crippen MR) is 107 cm³/mol. The third kappa shape index (κ3) is 5.19. The number of carbonyl (C=O) groups excluding carboxylic acids is 1. The van der Waals surface area contributed by atoms with Crippen molar-refractivity contribution < 1.29 is 19.0 Å². The summed E-state index contributed by atoms with van der Waals surface area (Å²) in [6, 6.07) is 1.76. The normalized spacial score (nSPS) is 17.0. The first-order chi connectivity index (χ1) is 13.5. The van der Waals surface area contributed by atoms with Crippen molar-refractivity contribution >= 4 is 29.0 Å². The molecular weight excluding hydrogens is 400 g/mol. The molecule has 152 valence electrons. The number of carbonyl (C=O) groups is 1. The SMILES string of the molecule is COCc1cc(OCC2CN(C(=O)c3sc(C)nc3C)CCO2)nc(SC)n1. The molecule has 1 atom stereocenters. The minimum Gasteiger partial charge on any atom is -0.475 e. The number of thioether (sulfide) groups is 1. The smallest absolute Gasteiger partial charge is 0.266 e. The van der Waals surface area contributed by atoms with Crippen LogP contribution in [0.3, 0.4) is 0 Å². The van der Waals surface area contributed by atoms with Crippen LogP contribution in [0.15, 0.2) is 11.2 Å². The summed E-state index contributed by atoms with van der Waals surface area (Å²) in [6.07, 6.45) is 1.69. The molecule has 1 aliphatic rings. The first kappa shape index (κ1) is 21.0. The van der Waals surface area contributed by atoms with E-state index in [0.29, 0.717) is 48.8 Å². The Morgan fingerprint density at radius 1 is 1.39 bits per heavy atom. The van der Waals surface area contributed by atoms with E-state index in [4.69, 9.17) is 14.2 Å². The fourth-order valence-electron chi connectivity index (χ4n) is 2.89. The van der Waals surface area contributed by atoms with Crippen molar-refractivity contribution in [1.29, 1.82) is 0 Å². The van der Waals surface area contributed by atoms with Crippen LogP contribution in [0.5, 0.6) is 5.88 Å². The Balaban J connectivity index is 1.61. The Morgan fingerprint density at radius 2 is 2.21 bits per heavy atom. The van der Waals surface area contributed by atoms with Crippen LogP contribution < -0.4 is 4.74 Å². The molecule has 0 radical (unpaired) electrons. The van der Waals surface area contributed by atoms with Gasteiger partial charge >= 0.3 is 0 Å². The number of methoxy groups -OCH3 is 1. The third-order valence-electron chi connectivity index (χ3n) is 4.15. The van der Waals surface area contributed by atoms with E-state index in [1.807, 2.05) is 20.1 Å². The van der Waals surface area contributed by atoms with E-state index < -0.39 is 0 Å². The summed E-state index contributed by atoms with van der Waals surface area (Å²) in [5.41, 5.74) is 1.54. The molecule has 8 nitrogen and oxygen atoms in total. The van der Waals surface area contributed by atoms with Crippen LogP contribution in [-0.2, 0) is 16.1 Å². The minimum atomic E-state index is -0.217. The highest BCUT2D eigenvalue weighted by Crippen LogP contribution is 2.21. The molecule has 1 saturated heterocycles. The van der Waals surface area contributed by atoms with Gasteiger partial charge in [0.25, 0.3) is 5.91 Å². The topological polar surface area (TPSA) is 86.7 Å². The fourth-order valence-corrected chi connectivity index (χ4v) is 4.17. The molecule has 1 aliphatic heterocycles. The summed E-state index contributed by atoms with van der Waals surface area (Å²) >= 11 is 2.88. The van der Waals surface area contributed by atoms with E-state index >= 15 is 0 Å². The third-order valence-corrected chi connectivity index (χ3v) is 5.76. The summed E-state index contributed by atoms with van der Waals surface area (Å²) in [7, 11) is 1.62. The molecule has 0 bridgehead atoms. The molecule has 2 aromatic heterocycles. The van der Waals surface area contributed by atoms with Crippen LogP contribution in [0, 0.1) is 13.8 Å². The number of amides is 1. The molecule has 0 aromatic carbocycles. The summed E-state index contributed by atoms with van der Waals surface area (Å²) in [5.74, 6) is 0.484. The molecular formula is C18H24N4O4S2. The molecule has 0 saturated carbocycles. The maximum absolute atomic E-state index is 12.8. The molecule has 3 rings (SSSR count). The van der Waals surface area contributed by atoms with Gasteiger partial charge in [0, 0.05) is 19.7 Å². The van der Waals surface area contributed by atoms with Gasteiger partial charge in [-0.15, -0.1) is 11.3 Å². The summed E-state index contributed by atoms with van der Waals surface area (Å²) in [4.78, 5) is 28.4. The van der Waals surface area contributed by atoms with Crippen LogP contribution in [0.2, 0.25) is 0 Å². The Bertz CT molecular complexity index is 830. The van der Waals surface area contributed by atoms with E-state index in [2.05, 4.69) is 15.0 Å².